The van der Waals surface area contributed by atoms with E-state index >= 15 is 0 Å². The first-order valence-corrected chi connectivity index (χ1v) is 9.27. The van der Waals surface area contributed by atoms with Crippen LogP contribution in [0.2, 0.25) is 0 Å². The van der Waals surface area contributed by atoms with Crippen LogP contribution in [-0.2, 0) is 22.6 Å². The molecule has 1 aromatic heterocycles. The Morgan fingerprint density at radius 1 is 1.29 bits per heavy atom. The number of carbonyl (C=O) groups excluding carboxylic acids is 2. The normalized spacial score (nSPS) is 16.5. The summed E-state index contributed by atoms with van der Waals surface area (Å²) in [6, 6.07) is 9.23. The Bertz CT molecular complexity index is 900. The molecule has 1 fully saturated rings. The number of hydrogen-bond donors (Lipinski definition) is 1. The predicted molar refractivity (Wildman–Crippen MR) is 103 cm³/mol. The summed E-state index contributed by atoms with van der Waals surface area (Å²) < 4.78 is 5.44. The fourth-order valence-electron chi connectivity index (χ4n) is 3.49. The molecule has 0 aliphatic carbocycles. The Kier molecular flexibility index (Phi) is 5.53. The van der Waals surface area contributed by atoms with Gasteiger partial charge in [0.2, 0.25) is 11.8 Å². The maximum atomic E-state index is 12.8. The van der Waals surface area contributed by atoms with Gasteiger partial charge in [-0.3, -0.25) is 9.59 Å². The highest BCUT2D eigenvalue weighted by Crippen LogP contribution is 2.27. The molecule has 3 rings (SSSR count). The average molecular weight is 384 g/mol. The number of carboxylic acids is 1. The molecule has 0 saturated carbocycles. The van der Waals surface area contributed by atoms with Gasteiger partial charge in [0.05, 0.1) is 12.5 Å². The van der Waals surface area contributed by atoms with Crippen LogP contribution < -0.4 is 4.90 Å². The van der Waals surface area contributed by atoms with Crippen LogP contribution in [0.1, 0.15) is 40.8 Å². The quantitative estimate of drug-likeness (QED) is 0.827. The van der Waals surface area contributed by atoms with Crippen molar-refractivity contribution in [1.29, 1.82) is 0 Å². The number of benzene rings is 1. The average Bonchev–Trinajstić information content (AvgIpc) is 3.23. The van der Waals surface area contributed by atoms with Crippen LogP contribution in [0.15, 0.2) is 34.7 Å². The second-order valence-corrected chi connectivity index (χ2v) is 7.11. The lowest BCUT2D eigenvalue weighted by atomic mass is 10.1. The first-order chi connectivity index (χ1) is 13.3. The zero-order valence-corrected chi connectivity index (χ0v) is 16.3. The minimum absolute atomic E-state index is 0.0713. The van der Waals surface area contributed by atoms with E-state index in [1.54, 1.807) is 18.9 Å². The SMILES string of the molecule is CCc1ccc(N2CC(C(=O)N(C)Cc3cc(C(=O)O)c(C)o3)CC2=O)cc1. The lowest BCUT2D eigenvalue weighted by Gasteiger charge is -2.21. The molecule has 28 heavy (non-hydrogen) atoms. The number of aromatic carboxylic acids is 1. The fraction of sp³-hybridized carbons (Fsp3) is 0.381. The number of amides is 2. The molecule has 1 aromatic carbocycles. The molecule has 1 aliphatic rings. The van der Waals surface area contributed by atoms with Crippen LogP contribution in [-0.4, -0.2) is 41.4 Å². The lowest BCUT2D eigenvalue weighted by Crippen LogP contribution is -2.34. The number of aryl methyl sites for hydroxylation is 2. The van der Waals surface area contributed by atoms with Gasteiger partial charge in [0.1, 0.15) is 17.1 Å². The van der Waals surface area contributed by atoms with E-state index in [2.05, 4.69) is 6.92 Å². The number of anilines is 1. The maximum Gasteiger partial charge on any atom is 0.339 e. The molecular weight excluding hydrogens is 360 g/mol. The van der Waals surface area contributed by atoms with Crippen molar-refractivity contribution >= 4 is 23.5 Å². The van der Waals surface area contributed by atoms with Crippen molar-refractivity contribution < 1.29 is 23.9 Å². The van der Waals surface area contributed by atoms with Gasteiger partial charge in [0.15, 0.2) is 0 Å². The van der Waals surface area contributed by atoms with E-state index in [-0.39, 0.29) is 30.3 Å². The van der Waals surface area contributed by atoms with Crippen molar-refractivity contribution in [3.8, 4) is 0 Å². The van der Waals surface area contributed by atoms with E-state index in [1.165, 1.54) is 16.5 Å². The number of carbonyl (C=O) groups is 3. The molecule has 0 bridgehead atoms. The Balaban J connectivity index is 1.66. The van der Waals surface area contributed by atoms with Crippen LogP contribution >= 0.6 is 0 Å². The molecule has 1 N–H and O–H groups in total. The highest BCUT2D eigenvalue weighted by Gasteiger charge is 2.36. The molecule has 2 amide bonds. The van der Waals surface area contributed by atoms with E-state index in [1.807, 2.05) is 24.3 Å². The minimum Gasteiger partial charge on any atom is -0.478 e. The van der Waals surface area contributed by atoms with Crippen molar-refractivity contribution in [2.45, 2.75) is 33.2 Å². The number of nitrogens with zero attached hydrogens (tertiary/aromatic N) is 2. The molecule has 7 heteroatoms. The molecule has 2 heterocycles. The summed E-state index contributed by atoms with van der Waals surface area (Å²) >= 11 is 0. The van der Waals surface area contributed by atoms with Crippen LogP contribution in [0, 0.1) is 12.8 Å². The zero-order chi connectivity index (χ0) is 20.4. The molecule has 148 valence electrons. The van der Waals surface area contributed by atoms with Gasteiger partial charge in [-0.15, -0.1) is 0 Å². The largest absolute Gasteiger partial charge is 0.478 e. The van der Waals surface area contributed by atoms with Crippen molar-refractivity contribution in [2.24, 2.45) is 5.92 Å². The van der Waals surface area contributed by atoms with Crippen molar-refractivity contribution in [1.82, 2.24) is 4.90 Å². The van der Waals surface area contributed by atoms with Crippen molar-refractivity contribution in [3.05, 3.63) is 53.0 Å². The van der Waals surface area contributed by atoms with E-state index in [9.17, 15) is 14.4 Å². The highest BCUT2D eigenvalue weighted by atomic mass is 16.4. The van der Waals surface area contributed by atoms with E-state index in [4.69, 9.17) is 9.52 Å². The Morgan fingerprint density at radius 2 is 1.96 bits per heavy atom. The summed E-state index contributed by atoms with van der Waals surface area (Å²) in [5, 5.41) is 9.11. The molecule has 0 radical (unpaired) electrons. The van der Waals surface area contributed by atoms with Gasteiger partial charge in [0, 0.05) is 25.7 Å². The number of furan rings is 1. The molecule has 1 unspecified atom stereocenters. The standard InChI is InChI=1S/C21H24N2O5/c1-4-14-5-7-16(8-6-14)23-11-15(9-19(23)24)20(25)22(3)12-17-10-18(21(26)27)13(2)28-17/h5-8,10,15H,4,9,11-12H2,1-3H3,(H,26,27). The first kappa shape index (κ1) is 19.7. The van der Waals surface area contributed by atoms with Crippen LogP contribution in [0.4, 0.5) is 5.69 Å². The Labute approximate surface area is 163 Å². The molecule has 1 saturated heterocycles. The van der Waals surface area contributed by atoms with Crippen LogP contribution in [0.25, 0.3) is 0 Å². The van der Waals surface area contributed by atoms with Gasteiger partial charge in [-0.25, -0.2) is 4.79 Å². The van der Waals surface area contributed by atoms with E-state index in [0.29, 0.717) is 18.1 Å². The van der Waals surface area contributed by atoms with Gasteiger partial charge in [-0.1, -0.05) is 19.1 Å². The van der Waals surface area contributed by atoms with Crippen LogP contribution in [0.5, 0.6) is 0 Å². The third-order valence-corrected chi connectivity index (χ3v) is 5.10. The van der Waals surface area contributed by atoms with Gasteiger partial charge < -0.3 is 19.3 Å². The molecular formula is C21H24N2O5. The molecule has 7 nitrogen and oxygen atoms in total. The summed E-state index contributed by atoms with van der Waals surface area (Å²) in [5.74, 6) is -1.01. The molecule has 1 atom stereocenters. The van der Waals surface area contributed by atoms with Crippen molar-refractivity contribution in [2.75, 3.05) is 18.5 Å². The lowest BCUT2D eigenvalue weighted by molar-refractivity contribution is -0.135. The van der Waals surface area contributed by atoms with Gasteiger partial charge >= 0.3 is 5.97 Å². The van der Waals surface area contributed by atoms with Gasteiger partial charge in [0.25, 0.3) is 0 Å². The van der Waals surface area contributed by atoms with Crippen LogP contribution in [0.3, 0.4) is 0 Å². The minimum atomic E-state index is -1.06. The second-order valence-electron chi connectivity index (χ2n) is 7.11. The highest BCUT2D eigenvalue weighted by molar-refractivity contribution is 6.00. The topological polar surface area (TPSA) is 91.1 Å². The summed E-state index contributed by atoms with van der Waals surface area (Å²) in [4.78, 5) is 39.5. The maximum absolute atomic E-state index is 12.8. The van der Waals surface area contributed by atoms with Crippen molar-refractivity contribution in [3.63, 3.8) is 0 Å². The second kappa shape index (κ2) is 7.88. The third-order valence-electron chi connectivity index (χ3n) is 5.10. The summed E-state index contributed by atoms with van der Waals surface area (Å²) in [6.07, 6.45) is 1.09. The number of carboxylic acid groups (broad SMARTS) is 1. The van der Waals surface area contributed by atoms with E-state index < -0.39 is 11.9 Å². The number of hydrogen-bond acceptors (Lipinski definition) is 4. The van der Waals surface area contributed by atoms with E-state index in [0.717, 1.165) is 12.1 Å². The fourth-order valence-corrected chi connectivity index (χ4v) is 3.49. The smallest absolute Gasteiger partial charge is 0.339 e. The zero-order valence-electron chi connectivity index (χ0n) is 16.3. The summed E-state index contributed by atoms with van der Waals surface area (Å²) in [7, 11) is 1.63. The molecule has 2 aromatic rings. The third kappa shape index (κ3) is 3.93. The molecule has 0 spiro atoms. The first-order valence-electron chi connectivity index (χ1n) is 9.27. The number of rotatable bonds is 6. The molecule has 1 aliphatic heterocycles. The summed E-state index contributed by atoms with van der Waals surface area (Å²) in [6.45, 7) is 4.14. The van der Waals surface area contributed by atoms with Gasteiger partial charge in [-0.05, 0) is 37.1 Å². The summed E-state index contributed by atoms with van der Waals surface area (Å²) in [5.41, 5.74) is 2.08. The van der Waals surface area contributed by atoms with Gasteiger partial charge in [-0.2, -0.15) is 0 Å². The monoisotopic (exact) mass is 384 g/mol. The predicted octanol–water partition coefficient (Wildman–Crippen LogP) is 2.86. The Morgan fingerprint density at radius 3 is 2.54 bits per heavy atom. The Hall–Kier alpha value is -3.09.